The molecule has 0 fully saturated rings. The second-order valence-electron chi connectivity index (χ2n) is 3.04. The zero-order valence-corrected chi connectivity index (χ0v) is 10.9. The normalized spacial score (nSPS) is 12.0. The average molecular weight is 326 g/mol. The molecule has 3 N–H and O–H groups in total. The first kappa shape index (κ1) is 12.0. The minimum atomic E-state index is -4.58. The highest BCUT2D eigenvalue weighted by molar-refractivity contribution is 9.10. The number of hydrogen-bond acceptors (Lipinski definition) is 2. The maximum Gasteiger partial charge on any atom is 0.524 e. The van der Waals surface area contributed by atoms with Gasteiger partial charge in [-0.15, -0.1) is 0 Å². The topological polar surface area (TPSA) is 82.6 Å². The van der Waals surface area contributed by atoms with Crippen LogP contribution in [0.4, 0.5) is 0 Å². The number of halogens is 2. The van der Waals surface area contributed by atoms with E-state index in [-0.39, 0.29) is 5.75 Å². The van der Waals surface area contributed by atoms with Crippen molar-refractivity contribution < 1.29 is 18.9 Å². The van der Waals surface area contributed by atoms with E-state index in [2.05, 4.69) is 25.4 Å². The number of rotatable bonds is 2. The van der Waals surface area contributed by atoms with Crippen molar-refractivity contribution in [2.45, 2.75) is 0 Å². The maximum absolute atomic E-state index is 10.8. The summed E-state index contributed by atoms with van der Waals surface area (Å²) in [5, 5.41) is 1.06. The van der Waals surface area contributed by atoms with E-state index in [0.29, 0.717) is 20.5 Å². The fourth-order valence-corrected chi connectivity index (χ4v) is 2.55. The van der Waals surface area contributed by atoms with Gasteiger partial charge in [-0.3, -0.25) is 9.79 Å². The number of aromatic amines is 1. The Labute approximate surface area is 104 Å². The third-order valence-corrected chi connectivity index (χ3v) is 3.09. The summed E-state index contributed by atoms with van der Waals surface area (Å²) < 4.78 is 15.7. The van der Waals surface area contributed by atoms with Crippen LogP contribution in [0.15, 0.2) is 22.8 Å². The highest BCUT2D eigenvalue weighted by Gasteiger charge is 2.21. The molecule has 0 spiro atoms. The molecule has 0 aliphatic heterocycles. The Balaban J connectivity index is 2.61. The average Bonchev–Trinajstić information content (AvgIpc) is 2.40. The minimum absolute atomic E-state index is 0.0694. The number of phosphoric ester groups is 1. The number of aromatic nitrogens is 1. The van der Waals surface area contributed by atoms with E-state index in [4.69, 9.17) is 21.4 Å². The van der Waals surface area contributed by atoms with Gasteiger partial charge >= 0.3 is 7.82 Å². The number of nitrogens with one attached hydrogen (secondary N) is 1. The van der Waals surface area contributed by atoms with Gasteiger partial charge in [0.05, 0.1) is 5.52 Å². The molecule has 0 radical (unpaired) electrons. The first-order valence-corrected chi connectivity index (χ1v) is 6.79. The number of fused-ring (bicyclic) bond motifs is 1. The summed E-state index contributed by atoms with van der Waals surface area (Å²) in [7, 11) is -4.58. The molecule has 2 aromatic rings. The summed E-state index contributed by atoms with van der Waals surface area (Å²) in [6.45, 7) is 0. The van der Waals surface area contributed by atoms with Crippen molar-refractivity contribution in [2.24, 2.45) is 0 Å². The van der Waals surface area contributed by atoms with E-state index >= 15 is 0 Å². The molecular formula is C8H6BrClNO4P. The number of hydrogen-bond donors (Lipinski definition) is 3. The van der Waals surface area contributed by atoms with Crippen LogP contribution in [-0.4, -0.2) is 14.8 Å². The van der Waals surface area contributed by atoms with Gasteiger partial charge < -0.3 is 9.51 Å². The van der Waals surface area contributed by atoms with Crippen molar-refractivity contribution in [1.29, 1.82) is 0 Å². The zero-order chi connectivity index (χ0) is 11.9. The van der Waals surface area contributed by atoms with E-state index in [9.17, 15) is 4.57 Å². The molecule has 0 unspecified atom stereocenters. The van der Waals surface area contributed by atoms with Gasteiger partial charge in [0.15, 0.2) is 5.75 Å². The highest BCUT2D eigenvalue weighted by Crippen LogP contribution is 2.44. The first-order valence-electron chi connectivity index (χ1n) is 4.09. The predicted molar refractivity (Wildman–Crippen MR) is 63.7 cm³/mol. The van der Waals surface area contributed by atoms with Gasteiger partial charge in [-0.1, -0.05) is 11.6 Å². The van der Waals surface area contributed by atoms with Crippen molar-refractivity contribution in [2.75, 3.05) is 0 Å². The van der Waals surface area contributed by atoms with Crippen LogP contribution in [0.25, 0.3) is 10.9 Å². The Hall–Kier alpha value is -0.520. The van der Waals surface area contributed by atoms with E-state index < -0.39 is 7.82 Å². The molecule has 0 saturated heterocycles. The van der Waals surface area contributed by atoms with Crippen molar-refractivity contribution in [3.05, 3.63) is 27.8 Å². The summed E-state index contributed by atoms with van der Waals surface area (Å²) in [6, 6.07) is 4.86. The van der Waals surface area contributed by atoms with Crippen molar-refractivity contribution in [1.82, 2.24) is 4.98 Å². The van der Waals surface area contributed by atoms with E-state index in [0.717, 1.165) is 0 Å². The molecule has 0 aliphatic rings. The maximum atomic E-state index is 10.8. The molecule has 8 heteroatoms. The monoisotopic (exact) mass is 325 g/mol. The van der Waals surface area contributed by atoms with E-state index in [1.165, 1.54) is 0 Å². The smallest absolute Gasteiger partial charge is 0.401 e. The van der Waals surface area contributed by atoms with Gasteiger partial charge in [0.2, 0.25) is 0 Å². The lowest BCUT2D eigenvalue weighted by atomic mass is 10.2. The molecule has 1 aromatic heterocycles. The predicted octanol–water partition coefficient (Wildman–Crippen LogP) is 3.06. The van der Waals surface area contributed by atoms with Crippen LogP contribution in [0.1, 0.15) is 0 Å². The molecule has 2 rings (SSSR count). The zero-order valence-electron chi connectivity index (χ0n) is 7.65. The second-order valence-corrected chi connectivity index (χ2v) is 5.43. The van der Waals surface area contributed by atoms with Gasteiger partial charge in [0, 0.05) is 10.4 Å². The Kier molecular flexibility index (Phi) is 3.03. The minimum Gasteiger partial charge on any atom is -0.401 e. The second kappa shape index (κ2) is 4.05. The largest absolute Gasteiger partial charge is 0.524 e. The summed E-state index contributed by atoms with van der Waals surface area (Å²) in [5.41, 5.74) is 0.628. The highest BCUT2D eigenvalue weighted by atomic mass is 79.9. The molecule has 0 saturated carbocycles. The molecule has 1 heterocycles. The van der Waals surface area contributed by atoms with Crippen LogP contribution in [-0.2, 0) is 4.57 Å². The molecule has 1 aromatic carbocycles. The third kappa shape index (κ3) is 2.42. The Morgan fingerprint density at radius 2 is 2.12 bits per heavy atom. The van der Waals surface area contributed by atoms with Crippen molar-refractivity contribution in [3.63, 3.8) is 0 Å². The van der Waals surface area contributed by atoms with Crippen LogP contribution >= 0.6 is 35.4 Å². The molecular weight excluding hydrogens is 320 g/mol. The lowest BCUT2D eigenvalue weighted by Gasteiger charge is -2.05. The fourth-order valence-electron chi connectivity index (χ4n) is 1.32. The van der Waals surface area contributed by atoms with Gasteiger partial charge in [0.1, 0.15) is 4.60 Å². The summed E-state index contributed by atoms with van der Waals surface area (Å²) >= 11 is 8.90. The first-order chi connectivity index (χ1) is 7.37. The molecule has 0 atom stereocenters. The Bertz CT molecular complexity index is 593. The molecule has 0 aliphatic carbocycles. The summed E-state index contributed by atoms with van der Waals surface area (Å²) in [5.74, 6) is 0.0694. The van der Waals surface area contributed by atoms with Crippen LogP contribution < -0.4 is 4.52 Å². The van der Waals surface area contributed by atoms with Crippen LogP contribution in [0, 0.1) is 0 Å². The standard InChI is InChI=1S/C8H6BrClNO4P/c9-8-7(15-16(12,13)14)5-2-1-4(10)3-6(5)11-8/h1-3,11H,(H2,12,13,14). The van der Waals surface area contributed by atoms with Crippen molar-refractivity contribution >= 4 is 46.3 Å². The molecule has 16 heavy (non-hydrogen) atoms. The van der Waals surface area contributed by atoms with Gasteiger partial charge in [-0.25, -0.2) is 4.57 Å². The van der Waals surface area contributed by atoms with Crippen LogP contribution in [0.5, 0.6) is 5.75 Å². The van der Waals surface area contributed by atoms with E-state index in [1.807, 2.05) is 0 Å². The lowest BCUT2D eigenvalue weighted by molar-refractivity contribution is 0.283. The number of phosphoric acid groups is 1. The Morgan fingerprint density at radius 3 is 2.75 bits per heavy atom. The summed E-state index contributed by atoms with van der Waals surface area (Å²) in [4.78, 5) is 20.4. The van der Waals surface area contributed by atoms with Gasteiger partial charge in [-0.05, 0) is 34.1 Å². The van der Waals surface area contributed by atoms with Crippen molar-refractivity contribution in [3.8, 4) is 5.75 Å². The molecule has 5 nitrogen and oxygen atoms in total. The molecule has 0 bridgehead atoms. The third-order valence-electron chi connectivity index (χ3n) is 1.88. The van der Waals surface area contributed by atoms with Crippen LogP contribution in [0.2, 0.25) is 5.02 Å². The van der Waals surface area contributed by atoms with E-state index in [1.54, 1.807) is 18.2 Å². The fraction of sp³-hybridized carbons (Fsp3) is 0. The van der Waals surface area contributed by atoms with Gasteiger partial charge in [0.25, 0.3) is 0 Å². The SMILES string of the molecule is O=P(O)(O)Oc1c(Br)[nH]c2cc(Cl)ccc12. The molecule has 0 amide bonds. The molecule has 86 valence electrons. The summed E-state index contributed by atoms with van der Waals surface area (Å²) in [6.07, 6.45) is 0. The van der Waals surface area contributed by atoms with Gasteiger partial charge in [-0.2, -0.15) is 0 Å². The lowest BCUT2D eigenvalue weighted by Crippen LogP contribution is -1.89. The Morgan fingerprint density at radius 1 is 1.44 bits per heavy atom. The quantitative estimate of drug-likeness (QED) is 0.741. The number of benzene rings is 1. The van der Waals surface area contributed by atoms with Crippen LogP contribution in [0.3, 0.4) is 0 Å². The number of H-pyrrole nitrogens is 1.